The van der Waals surface area contributed by atoms with Crippen LogP contribution in [0, 0.1) is 0 Å². The van der Waals surface area contributed by atoms with Crippen LogP contribution in [-0.2, 0) is 6.54 Å². The van der Waals surface area contributed by atoms with E-state index in [-0.39, 0.29) is 10.8 Å². The fourth-order valence-corrected chi connectivity index (χ4v) is 2.80. The molecule has 2 rings (SSSR count). The molecule has 1 amide bonds. The number of benzene rings is 1. The van der Waals surface area contributed by atoms with Gasteiger partial charge in [0.25, 0.3) is 5.91 Å². The monoisotopic (exact) mass is 353 g/mol. The van der Waals surface area contributed by atoms with Gasteiger partial charge in [-0.2, -0.15) is 0 Å². The van der Waals surface area contributed by atoms with E-state index < -0.39 is 5.97 Å². The molecule has 0 unspecified atom stereocenters. The van der Waals surface area contributed by atoms with Crippen molar-refractivity contribution in [3.63, 3.8) is 0 Å². The molecular formula is C14H12BrNO3S. The fraction of sp³-hybridized carbons (Fsp3) is 0.143. The molecule has 1 heterocycles. The summed E-state index contributed by atoms with van der Waals surface area (Å²) < 4.78 is 0.986. The lowest BCUT2D eigenvalue weighted by molar-refractivity contribution is 0.0701. The number of halogens is 1. The molecule has 0 radical (unpaired) electrons. The topological polar surface area (TPSA) is 57.6 Å². The van der Waals surface area contributed by atoms with E-state index in [0.717, 1.165) is 21.4 Å². The van der Waals surface area contributed by atoms with Gasteiger partial charge < -0.3 is 10.0 Å². The minimum atomic E-state index is -1.01. The Bertz CT molecular complexity index is 636. The highest BCUT2D eigenvalue weighted by molar-refractivity contribution is 9.10. The Balaban J connectivity index is 2.07. The highest BCUT2D eigenvalue weighted by Gasteiger charge is 2.16. The minimum Gasteiger partial charge on any atom is -0.477 e. The SMILES string of the molecule is CN(Cc1ccc(Br)cc1)C(=O)c1ccc(C(=O)O)s1. The van der Waals surface area contributed by atoms with Gasteiger partial charge in [-0.05, 0) is 29.8 Å². The van der Waals surface area contributed by atoms with Crippen molar-refractivity contribution >= 4 is 39.1 Å². The number of aromatic carboxylic acids is 1. The number of rotatable bonds is 4. The van der Waals surface area contributed by atoms with Crippen LogP contribution in [0.2, 0.25) is 0 Å². The molecule has 0 spiro atoms. The van der Waals surface area contributed by atoms with Crippen molar-refractivity contribution in [3.05, 3.63) is 56.2 Å². The van der Waals surface area contributed by atoms with Crippen molar-refractivity contribution in [2.24, 2.45) is 0 Å². The molecule has 1 aromatic heterocycles. The van der Waals surface area contributed by atoms with Crippen molar-refractivity contribution in [3.8, 4) is 0 Å². The van der Waals surface area contributed by atoms with Gasteiger partial charge in [-0.1, -0.05) is 28.1 Å². The number of hydrogen-bond donors (Lipinski definition) is 1. The summed E-state index contributed by atoms with van der Waals surface area (Å²) in [5.74, 6) is -1.19. The van der Waals surface area contributed by atoms with E-state index in [2.05, 4.69) is 15.9 Å². The lowest BCUT2D eigenvalue weighted by Gasteiger charge is -2.16. The van der Waals surface area contributed by atoms with Crippen molar-refractivity contribution in [1.29, 1.82) is 0 Å². The number of thiophene rings is 1. The van der Waals surface area contributed by atoms with Gasteiger partial charge in [0.15, 0.2) is 0 Å². The average molecular weight is 354 g/mol. The Labute approximate surface area is 128 Å². The van der Waals surface area contributed by atoms with Gasteiger partial charge in [0.05, 0.1) is 4.88 Å². The van der Waals surface area contributed by atoms with Crippen LogP contribution in [0.25, 0.3) is 0 Å². The molecule has 20 heavy (non-hydrogen) atoms. The number of carboxylic acids is 1. The van der Waals surface area contributed by atoms with Crippen LogP contribution in [0.15, 0.2) is 40.9 Å². The van der Waals surface area contributed by atoms with E-state index in [1.165, 1.54) is 6.07 Å². The summed E-state index contributed by atoms with van der Waals surface area (Å²) in [5, 5.41) is 8.86. The maximum absolute atomic E-state index is 12.2. The Morgan fingerprint density at radius 3 is 2.30 bits per heavy atom. The van der Waals surface area contributed by atoms with Crippen LogP contribution in [0.3, 0.4) is 0 Å². The van der Waals surface area contributed by atoms with Crippen molar-refractivity contribution in [2.45, 2.75) is 6.54 Å². The molecule has 1 aromatic carbocycles. The van der Waals surface area contributed by atoms with Crippen LogP contribution < -0.4 is 0 Å². The summed E-state index contributed by atoms with van der Waals surface area (Å²) in [7, 11) is 1.70. The Morgan fingerprint density at radius 2 is 1.75 bits per heavy atom. The highest BCUT2D eigenvalue weighted by Crippen LogP contribution is 2.19. The lowest BCUT2D eigenvalue weighted by Crippen LogP contribution is -2.25. The quantitative estimate of drug-likeness (QED) is 0.915. The van der Waals surface area contributed by atoms with Gasteiger partial charge in [0.1, 0.15) is 4.88 Å². The second kappa shape index (κ2) is 6.19. The smallest absolute Gasteiger partial charge is 0.345 e. The summed E-state index contributed by atoms with van der Waals surface area (Å²) in [6, 6.07) is 10.7. The average Bonchev–Trinajstić information content (AvgIpc) is 2.90. The minimum absolute atomic E-state index is 0.172. The zero-order valence-electron chi connectivity index (χ0n) is 10.7. The summed E-state index contributed by atoms with van der Waals surface area (Å²) in [6.45, 7) is 0.479. The first-order valence-electron chi connectivity index (χ1n) is 5.80. The van der Waals surface area contributed by atoms with Crippen molar-refractivity contribution in [1.82, 2.24) is 4.90 Å². The van der Waals surface area contributed by atoms with Crippen molar-refractivity contribution in [2.75, 3.05) is 7.05 Å². The summed E-state index contributed by atoms with van der Waals surface area (Å²) in [4.78, 5) is 25.2. The molecule has 0 bridgehead atoms. The maximum Gasteiger partial charge on any atom is 0.345 e. The summed E-state index contributed by atoms with van der Waals surface area (Å²) in [6.07, 6.45) is 0. The molecule has 6 heteroatoms. The number of carboxylic acid groups (broad SMARTS) is 1. The molecule has 0 fully saturated rings. The van der Waals surface area contributed by atoms with Crippen LogP contribution in [0.1, 0.15) is 24.9 Å². The van der Waals surface area contributed by atoms with Crippen LogP contribution in [0.5, 0.6) is 0 Å². The van der Waals surface area contributed by atoms with Gasteiger partial charge in [0.2, 0.25) is 0 Å². The largest absolute Gasteiger partial charge is 0.477 e. The molecule has 1 N–H and O–H groups in total. The molecule has 2 aromatic rings. The van der Waals surface area contributed by atoms with Gasteiger partial charge >= 0.3 is 5.97 Å². The first-order valence-corrected chi connectivity index (χ1v) is 7.41. The molecule has 4 nitrogen and oxygen atoms in total. The third kappa shape index (κ3) is 3.46. The highest BCUT2D eigenvalue weighted by atomic mass is 79.9. The molecule has 0 aliphatic carbocycles. The number of nitrogens with zero attached hydrogens (tertiary/aromatic N) is 1. The number of carbonyl (C=O) groups is 2. The second-order valence-electron chi connectivity index (χ2n) is 4.26. The van der Waals surface area contributed by atoms with Crippen LogP contribution in [-0.4, -0.2) is 28.9 Å². The normalized spacial score (nSPS) is 10.3. The van der Waals surface area contributed by atoms with E-state index in [4.69, 9.17) is 5.11 Å². The third-order valence-corrected chi connectivity index (χ3v) is 4.30. The van der Waals surface area contributed by atoms with Crippen LogP contribution in [0.4, 0.5) is 0 Å². The Morgan fingerprint density at radius 1 is 1.15 bits per heavy atom. The summed E-state index contributed by atoms with van der Waals surface area (Å²) in [5.41, 5.74) is 1.01. The second-order valence-corrected chi connectivity index (χ2v) is 6.26. The molecule has 104 valence electrons. The lowest BCUT2D eigenvalue weighted by atomic mass is 10.2. The fourth-order valence-electron chi connectivity index (χ4n) is 1.69. The van der Waals surface area contributed by atoms with E-state index in [1.54, 1.807) is 18.0 Å². The molecule has 0 saturated heterocycles. The van der Waals surface area contributed by atoms with Gasteiger partial charge in [-0.15, -0.1) is 11.3 Å². The third-order valence-electron chi connectivity index (χ3n) is 2.71. The molecule has 0 aliphatic rings. The van der Waals surface area contributed by atoms with E-state index in [0.29, 0.717) is 11.4 Å². The Kier molecular flexibility index (Phi) is 4.57. The molecule has 0 aliphatic heterocycles. The first kappa shape index (κ1) is 14.7. The number of carbonyl (C=O) groups excluding carboxylic acids is 1. The first-order chi connectivity index (χ1) is 9.47. The van der Waals surface area contributed by atoms with E-state index >= 15 is 0 Å². The van der Waals surface area contributed by atoms with E-state index in [1.807, 2.05) is 24.3 Å². The van der Waals surface area contributed by atoms with Crippen molar-refractivity contribution < 1.29 is 14.7 Å². The predicted molar refractivity (Wildman–Crippen MR) is 81.2 cm³/mol. The van der Waals surface area contributed by atoms with Gasteiger partial charge in [0, 0.05) is 18.1 Å². The molecular weight excluding hydrogens is 342 g/mol. The number of amides is 1. The predicted octanol–water partition coefficient (Wildman–Crippen LogP) is 3.48. The number of hydrogen-bond acceptors (Lipinski definition) is 3. The molecule has 0 saturated carbocycles. The maximum atomic E-state index is 12.2. The standard InChI is InChI=1S/C14H12BrNO3S/c1-16(8-9-2-4-10(15)5-3-9)13(17)11-6-7-12(20-11)14(18)19/h2-7H,8H2,1H3,(H,18,19). The van der Waals surface area contributed by atoms with Crippen LogP contribution >= 0.6 is 27.3 Å². The zero-order valence-corrected chi connectivity index (χ0v) is 13.1. The zero-order chi connectivity index (χ0) is 14.7. The molecule has 0 atom stereocenters. The Hall–Kier alpha value is -1.66. The summed E-state index contributed by atoms with van der Waals surface area (Å²) >= 11 is 4.35. The van der Waals surface area contributed by atoms with Gasteiger partial charge in [-0.3, -0.25) is 4.79 Å². The van der Waals surface area contributed by atoms with Gasteiger partial charge in [-0.25, -0.2) is 4.79 Å². The van der Waals surface area contributed by atoms with E-state index in [9.17, 15) is 9.59 Å².